The number of nitrogens with one attached hydrogen (secondary N) is 1. The molecule has 0 heterocycles. The number of rotatable bonds is 8. The Morgan fingerprint density at radius 3 is 2.47 bits per heavy atom. The van der Waals surface area contributed by atoms with E-state index in [0.29, 0.717) is 6.04 Å². The molecule has 0 spiro atoms. The van der Waals surface area contributed by atoms with Crippen molar-refractivity contribution in [3.05, 3.63) is 34.9 Å². The molecule has 2 heteroatoms. The highest BCUT2D eigenvalue weighted by Gasteiger charge is 2.13. The molecule has 0 aromatic heterocycles. The summed E-state index contributed by atoms with van der Waals surface area (Å²) < 4.78 is 0. The highest BCUT2D eigenvalue weighted by Crippen LogP contribution is 2.23. The Kier molecular flexibility index (Phi) is 7.55. The number of benzene rings is 1. The summed E-state index contributed by atoms with van der Waals surface area (Å²) in [6.45, 7) is 12.3. The fourth-order valence-electron chi connectivity index (χ4n) is 2.22. The molecule has 1 unspecified atom stereocenters. The predicted octanol–water partition coefficient (Wildman–Crippen LogP) is 4.73. The molecule has 0 fully saturated rings. The first-order valence-corrected chi connectivity index (χ1v) is 8.58. The van der Waals surface area contributed by atoms with Crippen molar-refractivity contribution in [1.82, 2.24) is 5.32 Å². The van der Waals surface area contributed by atoms with Gasteiger partial charge in [-0.15, -0.1) is 0 Å². The molecule has 0 amide bonds. The van der Waals surface area contributed by atoms with Crippen molar-refractivity contribution in [2.45, 2.75) is 47.1 Å². The van der Waals surface area contributed by atoms with Crippen molar-refractivity contribution in [2.75, 3.05) is 18.1 Å². The quantitative estimate of drug-likeness (QED) is 0.738. The summed E-state index contributed by atoms with van der Waals surface area (Å²) in [6.07, 6.45) is 1.19. The van der Waals surface area contributed by atoms with Crippen molar-refractivity contribution >= 4 is 11.8 Å². The van der Waals surface area contributed by atoms with Crippen molar-refractivity contribution < 1.29 is 0 Å². The second kappa shape index (κ2) is 8.65. The highest BCUT2D eigenvalue weighted by atomic mass is 32.2. The lowest BCUT2D eigenvalue weighted by Crippen LogP contribution is -2.25. The molecule has 1 atom stereocenters. The minimum atomic E-state index is 0.490. The van der Waals surface area contributed by atoms with Gasteiger partial charge in [0.1, 0.15) is 0 Å². The van der Waals surface area contributed by atoms with Crippen LogP contribution in [0.25, 0.3) is 0 Å². The van der Waals surface area contributed by atoms with Gasteiger partial charge < -0.3 is 5.32 Å². The summed E-state index contributed by atoms with van der Waals surface area (Å²) >= 11 is 2.07. The molecular weight excluding hydrogens is 250 g/mol. The smallest absolute Gasteiger partial charge is 0.0414 e. The maximum Gasteiger partial charge on any atom is 0.0414 e. The van der Waals surface area contributed by atoms with E-state index in [-0.39, 0.29) is 0 Å². The van der Waals surface area contributed by atoms with Crippen molar-refractivity contribution in [2.24, 2.45) is 5.92 Å². The predicted molar refractivity (Wildman–Crippen MR) is 89.1 cm³/mol. The number of thioether (sulfide) groups is 1. The zero-order valence-electron chi connectivity index (χ0n) is 13.1. The number of aryl methyl sites for hydroxylation is 2. The number of hydrogen-bond donors (Lipinski definition) is 1. The van der Waals surface area contributed by atoms with Crippen LogP contribution in [0.15, 0.2) is 18.2 Å². The maximum atomic E-state index is 3.70. The van der Waals surface area contributed by atoms with Crippen LogP contribution in [-0.2, 0) is 0 Å². The lowest BCUT2D eigenvalue weighted by atomic mass is 10.00. The first-order chi connectivity index (χ1) is 9.04. The van der Waals surface area contributed by atoms with Gasteiger partial charge in [0.05, 0.1) is 0 Å². The van der Waals surface area contributed by atoms with Crippen LogP contribution < -0.4 is 5.32 Å². The Bertz CT molecular complexity index is 374. The van der Waals surface area contributed by atoms with Gasteiger partial charge in [-0.3, -0.25) is 0 Å². The maximum absolute atomic E-state index is 3.70. The Balaban J connectivity index is 2.71. The van der Waals surface area contributed by atoms with Crippen LogP contribution in [0.4, 0.5) is 0 Å². The van der Waals surface area contributed by atoms with Crippen LogP contribution in [0.5, 0.6) is 0 Å². The normalized spacial score (nSPS) is 12.9. The second-order valence-electron chi connectivity index (χ2n) is 5.80. The Labute approximate surface area is 123 Å². The fraction of sp³-hybridized carbons (Fsp3) is 0.647. The average Bonchev–Trinajstić information content (AvgIpc) is 2.34. The monoisotopic (exact) mass is 279 g/mol. The summed E-state index contributed by atoms with van der Waals surface area (Å²) in [5.74, 6) is 3.19. The fourth-order valence-corrected chi connectivity index (χ4v) is 3.36. The van der Waals surface area contributed by atoms with Gasteiger partial charge in [0, 0.05) is 11.8 Å². The van der Waals surface area contributed by atoms with Crippen LogP contribution >= 0.6 is 11.8 Å². The minimum Gasteiger partial charge on any atom is -0.309 e. The lowest BCUT2D eigenvalue weighted by molar-refractivity contribution is 0.574. The van der Waals surface area contributed by atoms with E-state index in [2.05, 4.69) is 69.9 Å². The van der Waals surface area contributed by atoms with Gasteiger partial charge in [0.25, 0.3) is 0 Å². The van der Waals surface area contributed by atoms with Crippen LogP contribution in [0.3, 0.4) is 0 Å². The Morgan fingerprint density at radius 2 is 1.89 bits per heavy atom. The van der Waals surface area contributed by atoms with Crippen LogP contribution in [-0.4, -0.2) is 18.1 Å². The van der Waals surface area contributed by atoms with Crippen molar-refractivity contribution in [1.29, 1.82) is 0 Å². The van der Waals surface area contributed by atoms with E-state index in [4.69, 9.17) is 0 Å². The molecule has 1 N–H and O–H groups in total. The molecule has 0 aliphatic rings. The van der Waals surface area contributed by atoms with E-state index < -0.39 is 0 Å². The van der Waals surface area contributed by atoms with E-state index in [1.54, 1.807) is 0 Å². The molecular formula is C17H29NS. The molecule has 0 saturated carbocycles. The molecule has 1 aromatic rings. The van der Waals surface area contributed by atoms with Crippen LogP contribution in [0.2, 0.25) is 0 Å². The third-order valence-corrected chi connectivity index (χ3v) is 4.65. The van der Waals surface area contributed by atoms with Crippen molar-refractivity contribution in [3.63, 3.8) is 0 Å². The topological polar surface area (TPSA) is 12.0 Å². The first kappa shape index (κ1) is 16.6. The molecule has 0 saturated heterocycles. The molecule has 1 nitrogen and oxygen atoms in total. The van der Waals surface area contributed by atoms with Gasteiger partial charge in [-0.2, -0.15) is 11.8 Å². The Morgan fingerprint density at radius 1 is 1.16 bits per heavy atom. The molecule has 0 aliphatic carbocycles. The zero-order chi connectivity index (χ0) is 14.3. The summed E-state index contributed by atoms with van der Waals surface area (Å²) in [4.78, 5) is 0. The summed E-state index contributed by atoms with van der Waals surface area (Å²) in [5, 5.41) is 3.70. The van der Waals surface area contributed by atoms with E-state index in [1.165, 1.54) is 34.6 Å². The second-order valence-corrected chi connectivity index (χ2v) is 6.87. The molecule has 0 radical (unpaired) electrons. The first-order valence-electron chi connectivity index (χ1n) is 7.42. The largest absolute Gasteiger partial charge is 0.309 e. The standard InChI is InChI=1S/C17H29NS/c1-6-9-18-17(12-19-11-13(2)3)16-8-7-14(4)10-15(16)5/h7-8,10,13,17-18H,6,9,11-12H2,1-5H3. The van der Waals surface area contributed by atoms with E-state index in [1.807, 2.05) is 0 Å². The molecule has 0 aliphatic heterocycles. The van der Waals surface area contributed by atoms with Gasteiger partial charge in [-0.1, -0.05) is 44.5 Å². The van der Waals surface area contributed by atoms with Gasteiger partial charge in [0.15, 0.2) is 0 Å². The summed E-state index contributed by atoms with van der Waals surface area (Å²) in [7, 11) is 0. The van der Waals surface area contributed by atoms with E-state index in [0.717, 1.165) is 12.5 Å². The van der Waals surface area contributed by atoms with Gasteiger partial charge in [0.2, 0.25) is 0 Å². The van der Waals surface area contributed by atoms with Gasteiger partial charge >= 0.3 is 0 Å². The Hall–Kier alpha value is -0.470. The molecule has 108 valence electrons. The van der Waals surface area contributed by atoms with Gasteiger partial charge in [-0.05, 0) is 49.6 Å². The third kappa shape index (κ3) is 6.01. The molecule has 1 aromatic carbocycles. The number of hydrogen-bond acceptors (Lipinski definition) is 2. The van der Waals surface area contributed by atoms with E-state index in [9.17, 15) is 0 Å². The molecule has 1 rings (SSSR count). The lowest BCUT2D eigenvalue weighted by Gasteiger charge is -2.21. The molecule has 0 bridgehead atoms. The van der Waals surface area contributed by atoms with Gasteiger partial charge in [-0.25, -0.2) is 0 Å². The average molecular weight is 279 g/mol. The summed E-state index contributed by atoms with van der Waals surface area (Å²) in [6, 6.07) is 7.32. The minimum absolute atomic E-state index is 0.490. The highest BCUT2D eigenvalue weighted by molar-refractivity contribution is 7.99. The summed E-state index contributed by atoms with van der Waals surface area (Å²) in [5.41, 5.74) is 4.24. The van der Waals surface area contributed by atoms with Crippen molar-refractivity contribution in [3.8, 4) is 0 Å². The SMILES string of the molecule is CCCNC(CSCC(C)C)c1ccc(C)cc1C. The van der Waals surface area contributed by atoms with Crippen LogP contribution in [0.1, 0.15) is 49.9 Å². The van der Waals surface area contributed by atoms with Crippen LogP contribution in [0, 0.1) is 19.8 Å². The third-order valence-electron chi connectivity index (χ3n) is 3.18. The molecule has 19 heavy (non-hydrogen) atoms. The zero-order valence-corrected chi connectivity index (χ0v) is 13.9. The van der Waals surface area contributed by atoms with E-state index >= 15 is 0 Å².